The van der Waals surface area contributed by atoms with Gasteiger partial charge in [0.25, 0.3) is 5.91 Å². The number of nitrogens with one attached hydrogen (secondary N) is 1. The smallest absolute Gasteiger partial charge is 0.306 e. The number of aliphatic carboxylic acids is 1. The Balaban J connectivity index is 1.47. The van der Waals surface area contributed by atoms with Gasteiger partial charge >= 0.3 is 5.97 Å². The fraction of sp³-hybridized carbons (Fsp3) is 0.333. The average molecular weight is 509 g/mol. The summed E-state index contributed by atoms with van der Waals surface area (Å²) in [5.74, 6) is -0.933. The third-order valence-electron chi connectivity index (χ3n) is 7.31. The number of carbonyl (C=O) groups is 2. The highest BCUT2D eigenvalue weighted by molar-refractivity contribution is 7.86. The maximum absolute atomic E-state index is 12.6. The van der Waals surface area contributed by atoms with Crippen LogP contribution in [0, 0.1) is 19.8 Å². The van der Waals surface area contributed by atoms with Crippen LogP contribution in [0.15, 0.2) is 41.3 Å². The van der Waals surface area contributed by atoms with Crippen LogP contribution in [0.25, 0.3) is 32.3 Å². The van der Waals surface area contributed by atoms with E-state index in [1.165, 1.54) is 6.07 Å². The number of hydrogen-bond acceptors (Lipinski definition) is 6. The van der Waals surface area contributed by atoms with Crippen molar-refractivity contribution >= 4 is 54.3 Å². The Bertz CT molecular complexity index is 1620. The minimum Gasteiger partial charge on any atom is -0.744 e. The third kappa shape index (κ3) is 4.22. The van der Waals surface area contributed by atoms with Crippen molar-refractivity contribution in [2.24, 2.45) is 5.92 Å². The first kappa shape index (κ1) is 24.3. The number of benzene rings is 4. The molecule has 1 saturated carbocycles. The van der Waals surface area contributed by atoms with Crippen LogP contribution >= 0.6 is 0 Å². The fourth-order valence-corrected chi connectivity index (χ4v) is 6.25. The summed E-state index contributed by atoms with van der Waals surface area (Å²) >= 11 is 0. The van der Waals surface area contributed by atoms with Crippen molar-refractivity contribution in [2.75, 3.05) is 6.61 Å². The number of carboxylic acids is 1. The first-order valence-corrected chi connectivity index (χ1v) is 13.3. The molecule has 1 aliphatic rings. The van der Waals surface area contributed by atoms with Gasteiger partial charge in [0.1, 0.15) is 15.9 Å². The molecule has 0 unspecified atom stereocenters. The highest BCUT2D eigenvalue weighted by atomic mass is 32.2. The highest BCUT2D eigenvalue weighted by Crippen LogP contribution is 2.43. The SMILES string of the molecule is Cc1cc(OCC(=O)NC2CCC(C(=O)O)CC2)c2ccc3c(S(=O)(=O)[O-])cc(C)c4ccc1c2c43. The molecule has 0 bridgehead atoms. The molecule has 1 amide bonds. The molecule has 4 aromatic carbocycles. The summed E-state index contributed by atoms with van der Waals surface area (Å²) in [5.41, 5.74) is 1.58. The summed E-state index contributed by atoms with van der Waals surface area (Å²) in [5, 5.41) is 16.4. The molecule has 188 valence electrons. The third-order valence-corrected chi connectivity index (χ3v) is 8.18. The molecular formula is C27H26NO7S-. The second-order valence-corrected chi connectivity index (χ2v) is 11.0. The van der Waals surface area contributed by atoms with E-state index in [4.69, 9.17) is 9.84 Å². The van der Waals surface area contributed by atoms with E-state index in [0.29, 0.717) is 47.8 Å². The summed E-state index contributed by atoms with van der Waals surface area (Å²) in [4.78, 5) is 23.5. The van der Waals surface area contributed by atoms with Crippen LogP contribution in [0.1, 0.15) is 36.8 Å². The van der Waals surface area contributed by atoms with Gasteiger partial charge in [-0.1, -0.05) is 18.2 Å². The predicted molar refractivity (Wildman–Crippen MR) is 135 cm³/mol. The Hall–Kier alpha value is -3.43. The molecule has 0 spiro atoms. The van der Waals surface area contributed by atoms with E-state index in [2.05, 4.69) is 5.32 Å². The molecule has 1 fully saturated rings. The van der Waals surface area contributed by atoms with Crippen LogP contribution in [-0.4, -0.2) is 42.6 Å². The largest absolute Gasteiger partial charge is 0.744 e. The van der Waals surface area contributed by atoms with Crippen molar-refractivity contribution in [1.29, 1.82) is 0 Å². The van der Waals surface area contributed by atoms with Gasteiger partial charge in [0.05, 0.1) is 10.8 Å². The molecule has 0 heterocycles. The molecular weight excluding hydrogens is 482 g/mol. The lowest BCUT2D eigenvalue weighted by molar-refractivity contribution is -0.142. The lowest BCUT2D eigenvalue weighted by Crippen LogP contribution is -2.40. The van der Waals surface area contributed by atoms with E-state index in [0.717, 1.165) is 27.1 Å². The van der Waals surface area contributed by atoms with Crippen molar-refractivity contribution < 1.29 is 32.4 Å². The normalized spacial score (nSPS) is 18.6. The predicted octanol–water partition coefficient (Wildman–Crippen LogP) is 4.24. The quantitative estimate of drug-likeness (QED) is 0.294. The zero-order chi connectivity index (χ0) is 25.8. The van der Waals surface area contributed by atoms with E-state index in [1.54, 1.807) is 19.1 Å². The van der Waals surface area contributed by atoms with Crippen LogP contribution in [0.5, 0.6) is 5.75 Å². The molecule has 36 heavy (non-hydrogen) atoms. The van der Waals surface area contributed by atoms with Crippen LogP contribution in [0.2, 0.25) is 0 Å². The lowest BCUT2D eigenvalue weighted by atomic mass is 9.86. The van der Waals surface area contributed by atoms with Gasteiger partial charge in [-0.2, -0.15) is 0 Å². The summed E-state index contributed by atoms with van der Waals surface area (Å²) < 4.78 is 42.0. The Kier molecular flexibility index (Phi) is 6.00. The van der Waals surface area contributed by atoms with Crippen molar-refractivity contribution in [2.45, 2.75) is 50.5 Å². The zero-order valence-corrected chi connectivity index (χ0v) is 20.8. The van der Waals surface area contributed by atoms with Crippen LogP contribution < -0.4 is 10.1 Å². The molecule has 5 rings (SSSR count). The number of rotatable bonds is 6. The van der Waals surface area contributed by atoms with E-state index >= 15 is 0 Å². The molecule has 2 N–H and O–H groups in total. The molecule has 0 aromatic heterocycles. The van der Waals surface area contributed by atoms with Gasteiger partial charge in [-0.3, -0.25) is 9.59 Å². The van der Waals surface area contributed by atoms with Gasteiger partial charge in [-0.15, -0.1) is 0 Å². The minimum atomic E-state index is -4.68. The fourth-order valence-electron chi connectivity index (χ4n) is 5.49. The summed E-state index contributed by atoms with van der Waals surface area (Å²) in [6.45, 7) is 3.48. The van der Waals surface area contributed by atoms with Gasteiger partial charge in [0.2, 0.25) is 0 Å². The van der Waals surface area contributed by atoms with E-state index < -0.39 is 16.1 Å². The standard InChI is InChI=1S/C27H27NO7S/c1-14-11-22(35-13-24(29)28-17-5-3-16(4-6-17)27(30)31)20-9-10-21-23(36(32,33)34)12-15(2)19-8-7-18(14)25(20)26(19)21/h7-12,16-17H,3-6,13H2,1-2H3,(H,28,29)(H,30,31)(H,32,33,34)/p-1. The van der Waals surface area contributed by atoms with Gasteiger partial charge in [-0.05, 0) is 85.0 Å². The van der Waals surface area contributed by atoms with Gasteiger partial charge in [0, 0.05) is 22.2 Å². The van der Waals surface area contributed by atoms with Crippen molar-refractivity contribution in [3.05, 3.63) is 47.5 Å². The van der Waals surface area contributed by atoms with Crippen molar-refractivity contribution in [1.82, 2.24) is 5.32 Å². The van der Waals surface area contributed by atoms with E-state index in [1.807, 2.05) is 25.1 Å². The molecule has 0 radical (unpaired) electrons. The molecule has 9 heteroatoms. The summed E-state index contributed by atoms with van der Waals surface area (Å²) in [6, 6.07) is 10.5. The lowest BCUT2D eigenvalue weighted by Gasteiger charge is -2.26. The van der Waals surface area contributed by atoms with Gasteiger partial charge < -0.3 is 19.7 Å². The molecule has 0 atom stereocenters. The maximum Gasteiger partial charge on any atom is 0.306 e. The average Bonchev–Trinajstić information content (AvgIpc) is 2.83. The summed E-state index contributed by atoms with van der Waals surface area (Å²) in [7, 11) is -4.68. The Morgan fingerprint density at radius 1 is 0.944 bits per heavy atom. The first-order valence-electron chi connectivity index (χ1n) is 11.9. The Morgan fingerprint density at radius 3 is 2.11 bits per heavy atom. The molecule has 1 aliphatic carbocycles. The van der Waals surface area contributed by atoms with Crippen LogP contribution in [0.4, 0.5) is 0 Å². The minimum absolute atomic E-state index is 0.0739. The van der Waals surface area contributed by atoms with Crippen LogP contribution in [-0.2, 0) is 19.7 Å². The number of carboxylic acid groups (broad SMARTS) is 1. The van der Waals surface area contributed by atoms with E-state index in [-0.39, 0.29) is 29.4 Å². The zero-order valence-electron chi connectivity index (χ0n) is 20.0. The molecule has 0 aliphatic heterocycles. The summed E-state index contributed by atoms with van der Waals surface area (Å²) in [6.07, 6.45) is 2.31. The number of ether oxygens (including phenoxy) is 1. The maximum atomic E-state index is 12.6. The van der Waals surface area contributed by atoms with Gasteiger partial charge in [0.15, 0.2) is 6.61 Å². The number of amides is 1. The van der Waals surface area contributed by atoms with Crippen LogP contribution in [0.3, 0.4) is 0 Å². The molecule has 4 aromatic rings. The first-order chi connectivity index (χ1) is 17.0. The number of carbonyl (C=O) groups excluding carboxylic acids is 1. The van der Waals surface area contributed by atoms with E-state index in [9.17, 15) is 22.6 Å². The second-order valence-electron chi connectivity index (χ2n) is 9.65. The Morgan fingerprint density at radius 2 is 1.50 bits per heavy atom. The highest BCUT2D eigenvalue weighted by Gasteiger charge is 2.27. The van der Waals surface area contributed by atoms with Crippen molar-refractivity contribution in [3.63, 3.8) is 0 Å². The molecule has 0 saturated heterocycles. The second kappa shape index (κ2) is 8.90. The topological polar surface area (TPSA) is 133 Å². The Labute approximate surface area is 208 Å². The van der Waals surface area contributed by atoms with Gasteiger partial charge in [-0.25, -0.2) is 8.42 Å². The number of aryl methyl sites for hydroxylation is 2. The molecule has 8 nitrogen and oxygen atoms in total. The van der Waals surface area contributed by atoms with Crippen molar-refractivity contribution in [3.8, 4) is 5.75 Å². The monoisotopic (exact) mass is 508 g/mol. The number of hydrogen-bond donors (Lipinski definition) is 2.